The highest BCUT2D eigenvalue weighted by molar-refractivity contribution is 6.35. The van der Waals surface area contributed by atoms with Crippen LogP contribution in [0.4, 0.5) is 0 Å². The first-order valence-corrected chi connectivity index (χ1v) is 7.56. The first-order valence-electron chi connectivity index (χ1n) is 6.80. The van der Waals surface area contributed by atoms with Gasteiger partial charge in [-0.2, -0.15) is 0 Å². The zero-order chi connectivity index (χ0) is 14.0. The summed E-state index contributed by atoms with van der Waals surface area (Å²) in [5.74, 6) is 0. The summed E-state index contributed by atoms with van der Waals surface area (Å²) in [5, 5.41) is 5.04. The van der Waals surface area contributed by atoms with Crippen molar-refractivity contribution >= 4 is 23.2 Å². The molecule has 0 amide bonds. The third kappa shape index (κ3) is 4.09. The van der Waals surface area contributed by atoms with Crippen molar-refractivity contribution in [2.75, 3.05) is 19.6 Å². The lowest BCUT2D eigenvalue weighted by Gasteiger charge is -2.43. The van der Waals surface area contributed by atoms with Crippen molar-refractivity contribution in [3.8, 4) is 0 Å². The fraction of sp³-hybridized carbons (Fsp3) is 0.600. The van der Waals surface area contributed by atoms with Crippen molar-refractivity contribution in [2.24, 2.45) is 0 Å². The molecule has 0 spiro atoms. The van der Waals surface area contributed by atoms with Gasteiger partial charge in [0.15, 0.2) is 0 Å². The lowest BCUT2D eigenvalue weighted by atomic mass is 9.98. The van der Waals surface area contributed by atoms with Gasteiger partial charge in [0.2, 0.25) is 0 Å². The molecule has 1 aromatic carbocycles. The number of halogens is 2. The van der Waals surface area contributed by atoms with Crippen LogP contribution in [0.1, 0.15) is 26.3 Å². The van der Waals surface area contributed by atoms with Crippen molar-refractivity contribution < 1.29 is 0 Å². The van der Waals surface area contributed by atoms with Crippen molar-refractivity contribution in [1.82, 2.24) is 10.2 Å². The van der Waals surface area contributed by atoms with E-state index in [0.29, 0.717) is 11.1 Å². The summed E-state index contributed by atoms with van der Waals surface area (Å²) in [6.45, 7) is 9.92. The van der Waals surface area contributed by atoms with E-state index in [0.717, 1.165) is 31.1 Å². The summed E-state index contributed by atoms with van der Waals surface area (Å²) < 4.78 is 0. The van der Waals surface area contributed by atoms with E-state index in [-0.39, 0.29) is 5.54 Å². The van der Waals surface area contributed by atoms with Gasteiger partial charge in [-0.25, -0.2) is 0 Å². The van der Waals surface area contributed by atoms with Crippen molar-refractivity contribution in [3.63, 3.8) is 0 Å². The maximum Gasteiger partial charge on any atom is 0.0453 e. The smallest absolute Gasteiger partial charge is 0.0453 e. The van der Waals surface area contributed by atoms with Crippen LogP contribution in [0.3, 0.4) is 0 Å². The highest BCUT2D eigenvalue weighted by atomic mass is 35.5. The van der Waals surface area contributed by atoms with E-state index in [9.17, 15) is 0 Å². The fourth-order valence-corrected chi connectivity index (χ4v) is 3.06. The summed E-state index contributed by atoms with van der Waals surface area (Å²) in [7, 11) is 0. The average molecular weight is 301 g/mol. The first-order chi connectivity index (χ1) is 8.87. The number of hydrogen-bond acceptors (Lipinski definition) is 2. The molecular weight excluding hydrogens is 279 g/mol. The second-order valence-corrected chi connectivity index (χ2v) is 6.91. The molecule has 1 atom stereocenters. The van der Waals surface area contributed by atoms with Crippen LogP contribution < -0.4 is 5.32 Å². The second-order valence-electron chi connectivity index (χ2n) is 6.07. The van der Waals surface area contributed by atoms with Crippen LogP contribution in [0.2, 0.25) is 10.0 Å². The topological polar surface area (TPSA) is 15.3 Å². The fourth-order valence-electron chi connectivity index (χ4n) is 2.56. The van der Waals surface area contributed by atoms with Crippen LogP contribution >= 0.6 is 23.2 Å². The minimum Gasteiger partial charge on any atom is -0.309 e. The molecule has 0 aliphatic carbocycles. The zero-order valence-electron chi connectivity index (χ0n) is 11.8. The molecule has 1 saturated heterocycles. The monoisotopic (exact) mass is 300 g/mol. The highest BCUT2D eigenvalue weighted by Crippen LogP contribution is 2.22. The molecule has 0 radical (unpaired) electrons. The van der Waals surface area contributed by atoms with Crippen LogP contribution in [0.15, 0.2) is 18.2 Å². The molecule has 2 nitrogen and oxygen atoms in total. The molecule has 1 aliphatic heterocycles. The van der Waals surface area contributed by atoms with Crippen molar-refractivity contribution in [3.05, 3.63) is 33.8 Å². The molecule has 1 aromatic rings. The lowest BCUT2D eigenvalue weighted by Crippen LogP contribution is -2.60. The quantitative estimate of drug-likeness (QED) is 0.917. The molecular formula is C15H22Cl2N2. The Balaban J connectivity index is 1.97. The first kappa shape index (κ1) is 15.1. The van der Waals surface area contributed by atoms with E-state index in [4.69, 9.17) is 23.2 Å². The second kappa shape index (κ2) is 6.01. The van der Waals surface area contributed by atoms with Crippen molar-refractivity contribution in [2.45, 2.75) is 38.8 Å². The van der Waals surface area contributed by atoms with Crippen LogP contribution in [0.25, 0.3) is 0 Å². The van der Waals surface area contributed by atoms with Gasteiger partial charge < -0.3 is 5.32 Å². The Hall–Kier alpha value is -0.280. The van der Waals surface area contributed by atoms with E-state index in [1.54, 1.807) is 0 Å². The van der Waals surface area contributed by atoms with Gasteiger partial charge in [-0.3, -0.25) is 4.90 Å². The van der Waals surface area contributed by atoms with Crippen LogP contribution in [0.5, 0.6) is 0 Å². The average Bonchev–Trinajstić information content (AvgIpc) is 2.32. The van der Waals surface area contributed by atoms with E-state index in [1.807, 2.05) is 18.2 Å². The Kier molecular flexibility index (Phi) is 4.78. The molecule has 1 N–H and O–H groups in total. The maximum atomic E-state index is 6.22. The normalized spacial score (nSPS) is 23.5. The predicted molar refractivity (Wildman–Crippen MR) is 83.3 cm³/mol. The number of benzene rings is 1. The Morgan fingerprint density at radius 1 is 1.37 bits per heavy atom. The number of rotatable bonds is 3. The molecule has 0 saturated carbocycles. The Morgan fingerprint density at radius 3 is 2.79 bits per heavy atom. The van der Waals surface area contributed by atoms with Gasteiger partial charge in [0, 0.05) is 41.3 Å². The molecule has 0 aromatic heterocycles. The Bertz CT molecular complexity index is 446. The number of hydrogen-bond donors (Lipinski definition) is 1. The molecule has 1 fully saturated rings. The maximum absolute atomic E-state index is 6.22. The van der Waals surface area contributed by atoms with Gasteiger partial charge in [-0.15, -0.1) is 0 Å². The molecule has 1 heterocycles. The van der Waals surface area contributed by atoms with Crippen LogP contribution in [-0.4, -0.2) is 36.1 Å². The summed E-state index contributed by atoms with van der Waals surface area (Å²) in [6.07, 6.45) is 0.969. The molecule has 0 bridgehead atoms. The Morgan fingerprint density at radius 2 is 2.11 bits per heavy atom. The van der Waals surface area contributed by atoms with E-state index in [2.05, 4.69) is 31.0 Å². The minimum atomic E-state index is 0.191. The number of nitrogens with one attached hydrogen (secondary N) is 1. The van der Waals surface area contributed by atoms with Gasteiger partial charge in [-0.05, 0) is 44.9 Å². The van der Waals surface area contributed by atoms with Crippen molar-refractivity contribution in [1.29, 1.82) is 0 Å². The highest BCUT2D eigenvalue weighted by Gasteiger charge is 2.29. The summed E-state index contributed by atoms with van der Waals surface area (Å²) in [4.78, 5) is 2.53. The molecule has 106 valence electrons. The predicted octanol–water partition coefficient (Wildman–Crippen LogP) is 3.61. The van der Waals surface area contributed by atoms with Gasteiger partial charge in [-0.1, -0.05) is 29.3 Å². The third-order valence-electron chi connectivity index (χ3n) is 3.78. The minimum absolute atomic E-state index is 0.191. The van der Waals surface area contributed by atoms with E-state index < -0.39 is 0 Å². The third-order valence-corrected chi connectivity index (χ3v) is 4.37. The summed E-state index contributed by atoms with van der Waals surface area (Å²) in [5.41, 5.74) is 1.37. The van der Waals surface area contributed by atoms with Crippen LogP contribution in [0, 0.1) is 0 Å². The Labute approximate surface area is 126 Å². The standard InChI is InChI=1S/C15H22Cl2N2/c1-11-9-18-15(2,3)10-19(11)7-6-12-4-5-13(16)8-14(12)17/h4-5,8,11,18H,6-7,9-10H2,1-3H3. The van der Waals surface area contributed by atoms with Crippen LogP contribution in [-0.2, 0) is 6.42 Å². The van der Waals surface area contributed by atoms with E-state index in [1.165, 1.54) is 5.56 Å². The van der Waals surface area contributed by atoms with Gasteiger partial charge in [0.05, 0.1) is 0 Å². The van der Waals surface area contributed by atoms with Gasteiger partial charge >= 0.3 is 0 Å². The molecule has 1 aliphatic rings. The number of piperazine rings is 1. The molecule has 4 heteroatoms. The zero-order valence-corrected chi connectivity index (χ0v) is 13.4. The van der Waals surface area contributed by atoms with Gasteiger partial charge in [0.1, 0.15) is 0 Å². The summed E-state index contributed by atoms with van der Waals surface area (Å²) >= 11 is 12.1. The lowest BCUT2D eigenvalue weighted by molar-refractivity contribution is 0.106. The molecule has 2 rings (SSSR count). The largest absolute Gasteiger partial charge is 0.309 e. The van der Waals surface area contributed by atoms with E-state index >= 15 is 0 Å². The van der Waals surface area contributed by atoms with Gasteiger partial charge in [0.25, 0.3) is 0 Å². The summed E-state index contributed by atoms with van der Waals surface area (Å²) in [6, 6.07) is 6.33. The molecule has 1 unspecified atom stereocenters. The molecule has 19 heavy (non-hydrogen) atoms. The number of nitrogens with zero attached hydrogens (tertiary/aromatic N) is 1. The SMILES string of the molecule is CC1CNC(C)(C)CN1CCc1ccc(Cl)cc1Cl.